The van der Waals surface area contributed by atoms with Gasteiger partial charge in [-0.3, -0.25) is 4.98 Å². The zero-order valence-electron chi connectivity index (χ0n) is 7.78. The molecule has 6 heteroatoms. The molecule has 1 aromatic heterocycles. The Balaban J connectivity index is 0.000000146. The summed E-state index contributed by atoms with van der Waals surface area (Å²) in [6.45, 7) is 7.00. The smallest absolute Gasteiger partial charge is 0.414 e. The average Bonchev–Trinajstić information content (AvgIpc) is 2.68. The predicted octanol–water partition coefficient (Wildman–Crippen LogP) is -0.0938. The SMILES string of the molecule is C1COCCN1.C=Nc1coc(=O)[nH]1. The molecule has 0 aliphatic carbocycles. The van der Waals surface area contributed by atoms with E-state index in [9.17, 15) is 4.79 Å². The van der Waals surface area contributed by atoms with Gasteiger partial charge in [0.1, 0.15) is 6.26 Å². The molecule has 0 atom stereocenters. The van der Waals surface area contributed by atoms with Gasteiger partial charge in [-0.25, -0.2) is 9.79 Å². The van der Waals surface area contributed by atoms with Gasteiger partial charge in [0, 0.05) is 13.1 Å². The molecule has 0 radical (unpaired) electrons. The number of H-pyrrole nitrogens is 1. The zero-order chi connectivity index (χ0) is 10.2. The van der Waals surface area contributed by atoms with E-state index in [1.807, 2.05) is 0 Å². The lowest BCUT2D eigenvalue weighted by molar-refractivity contribution is 0.109. The Hall–Kier alpha value is -1.40. The first kappa shape index (κ1) is 10.7. The number of morpholine rings is 1. The summed E-state index contributed by atoms with van der Waals surface area (Å²) < 4.78 is 9.32. The molecule has 2 heterocycles. The number of hydrogen-bond acceptors (Lipinski definition) is 5. The summed E-state index contributed by atoms with van der Waals surface area (Å²) >= 11 is 0. The molecule has 2 N–H and O–H groups in total. The maximum Gasteiger partial charge on any atom is 0.417 e. The molecule has 1 aromatic rings. The number of ether oxygens (including phenoxy) is 1. The molecule has 78 valence electrons. The highest BCUT2D eigenvalue weighted by atomic mass is 16.5. The monoisotopic (exact) mass is 199 g/mol. The van der Waals surface area contributed by atoms with E-state index in [1.165, 1.54) is 6.26 Å². The van der Waals surface area contributed by atoms with E-state index in [2.05, 4.69) is 26.4 Å². The Morgan fingerprint density at radius 2 is 2.14 bits per heavy atom. The van der Waals surface area contributed by atoms with Crippen LogP contribution in [0, 0.1) is 0 Å². The van der Waals surface area contributed by atoms with E-state index < -0.39 is 5.76 Å². The third-order valence-corrected chi connectivity index (χ3v) is 1.52. The lowest BCUT2D eigenvalue weighted by atomic mass is 10.5. The Kier molecular flexibility index (Phi) is 4.66. The van der Waals surface area contributed by atoms with Crippen LogP contribution in [0.3, 0.4) is 0 Å². The van der Waals surface area contributed by atoms with Crippen molar-refractivity contribution < 1.29 is 9.15 Å². The van der Waals surface area contributed by atoms with Crippen molar-refractivity contribution in [3.05, 3.63) is 16.8 Å². The van der Waals surface area contributed by atoms with E-state index in [4.69, 9.17) is 4.74 Å². The van der Waals surface area contributed by atoms with Crippen LogP contribution >= 0.6 is 0 Å². The summed E-state index contributed by atoms with van der Waals surface area (Å²) in [5, 5.41) is 3.16. The van der Waals surface area contributed by atoms with Gasteiger partial charge in [0.05, 0.1) is 13.2 Å². The normalized spacial score (nSPS) is 15.4. The van der Waals surface area contributed by atoms with Gasteiger partial charge in [0.15, 0.2) is 5.82 Å². The highest BCUT2D eigenvalue weighted by molar-refractivity contribution is 5.36. The second kappa shape index (κ2) is 6.11. The summed E-state index contributed by atoms with van der Waals surface area (Å²) in [4.78, 5) is 15.8. The van der Waals surface area contributed by atoms with E-state index >= 15 is 0 Å². The summed E-state index contributed by atoms with van der Waals surface area (Å²) in [5.41, 5.74) is 0. The van der Waals surface area contributed by atoms with Crippen LogP contribution in [-0.2, 0) is 4.74 Å². The fourth-order valence-electron chi connectivity index (χ4n) is 0.865. The molecule has 14 heavy (non-hydrogen) atoms. The van der Waals surface area contributed by atoms with Crippen molar-refractivity contribution in [2.75, 3.05) is 26.3 Å². The van der Waals surface area contributed by atoms with Gasteiger partial charge >= 0.3 is 5.76 Å². The van der Waals surface area contributed by atoms with Crippen LogP contribution in [0.2, 0.25) is 0 Å². The minimum atomic E-state index is -0.507. The number of aliphatic imine (C=N–C) groups is 1. The quantitative estimate of drug-likeness (QED) is 0.619. The number of nitrogens with zero attached hydrogens (tertiary/aromatic N) is 1. The topological polar surface area (TPSA) is 79.6 Å². The summed E-state index contributed by atoms with van der Waals surface area (Å²) in [5.74, 6) is -0.151. The van der Waals surface area contributed by atoms with Crippen molar-refractivity contribution in [2.45, 2.75) is 0 Å². The van der Waals surface area contributed by atoms with Gasteiger partial charge in [0.25, 0.3) is 0 Å². The van der Waals surface area contributed by atoms with Gasteiger partial charge in [0.2, 0.25) is 0 Å². The van der Waals surface area contributed by atoms with Gasteiger partial charge in [-0.05, 0) is 6.72 Å². The maximum absolute atomic E-state index is 10.1. The highest BCUT2D eigenvalue weighted by Crippen LogP contribution is 1.98. The Labute approximate surface area is 81.0 Å². The van der Waals surface area contributed by atoms with E-state index in [-0.39, 0.29) is 0 Å². The van der Waals surface area contributed by atoms with Gasteiger partial charge in [-0.15, -0.1) is 0 Å². The number of aromatic nitrogens is 1. The molecular weight excluding hydrogens is 186 g/mol. The standard InChI is InChI=1S/C4H4N2O2.C4H9NO/c1-5-3-2-8-4(7)6-3;1-3-6-4-2-5-1/h2H,1H2,(H,6,7);5H,1-4H2. The summed E-state index contributed by atoms with van der Waals surface area (Å²) in [7, 11) is 0. The van der Waals surface area contributed by atoms with Crippen LogP contribution in [0.15, 0.2) is 20.5 Å². The third kappa shape index (κ3) is 4.01. The number of nitrogens with one attached hydrogen (secondary N) is 2. The first-order valence-electron chi connectivity index (χ1n) is 4.26. The Morgan fingerprint density at radius 1 is 1.43 bits per heavy atom. The van der Waals surface area contributed by atoms with Crippen LogP contribution in [0.25, 0.3) is 0 Å². The lowest BCUT2D eigenvalue weighted by Gasteiger charge is -2.10. The number of aromatic amines is 1. The van der Waals surface area contributed by atoms with Crippen LogP contribution in [0.4, 0.5) is 5.82 Å². The van der Waals surface area contributed by atoms with Crippen molar-refractivity contribution in [3.63, 3.8) is 0 Å². The van der Waals surface area contributed by atoms with E-state index in [1.54, 1.807) is 0 Å². The lowest BCUT2D eigenvalue weighted by Crippen LogP contribution is -2.30. The molecule has 1 aliphatic rings. The molecular formula is C8H13N3O3. The second-order valence-corrected chi connectivity index (χ2v) is 2.55. The fourth-order valence-corrected chi connectivity index (χ4v) is 0.865. The predicted molar refractivity (Wildman–Crippen MR) is 52.2 cm³/mol. The molecule has 1 fully saturated rings. The van der Waals surface area contributed by atoms with Crippen LogP contribution in [0.5, 0.6) is 0 Å². The molecule has 2 rings (SSSR count). The van der Waals surface area contributed by atoms with Crippen molar-refractivity contribution in [1.29, 1.82) is 0 Å². The molecule has 0 saturated carbocycles. The summed E-state index contributed by atoms with van der Waals surface area (Å²) in [6, 6.07) is 0. The third-order valence-electron chi connectivity index (χ3n) is 1.52. The first-order chi connectivity index (χ1) is 6.83. The highest BCUT2D eigenvalue weighted by Gasteiger charge is 1.93. The van der Waals surface area contributed by atoms with Crippen molar-refractivity contribution in [1.82, 2.24) is 10.3 Å². The molecule has 6 nitrogen and oxygen atoms in total. The van der Waals surface area contributed by atoms with Gasteiger partial charge < -0.3 is 14.5 Å². The summed E-state index contributed by atoms with van der Waals surface area (Å²) in [6.07, 6.45) is 1.20. The molecule has 0 aromatic carbocycles. The van der Waals surface area contributed by atoms with Crippen molar-refractivity contribution >= 4 is 12.5 Å². The minimum Gasteiger partial charge on any atom is -0.414 e. The first-order valence-corrected chi connectivity index (χ1v) is 4.26. The molecule has 0 unspecified atom stereocenters. The fraction of sp³-hybridized carbons (Fsp3) is 0.500. The zero-order valence-corrected chi connectivity index (χ0v) is 7.78. The van der Waals surface area contributed by atoms with Crippen LogP contribution < -0.4 is 11.1 Å². The van der Waals surface area contributed by atoms with Gasteiger partial charge in [-0.2, -0.15) is 0 Å². The van der Waals surface area contributed by atoms with Crippen LogP contribution in [-0.4, -0.2) is 38.0 Å². The molecule has 0 bridgehead atoms. The van der Waals surface area contributed by atoms with Crippen molar-refractivity contribution in [2.24, 2.45) is 4.99 Å². The largest absolute Gasteiger partial charge is 0.417 e. The van der Waals surface area contributed by atoms with Crippen LogP contribution in [0.1, 0.15) is 0 Å². The number of oxazole rings is 1. The molecule has 1 saturated heterocycles. The Bertz CT molecular complexity index is 302. The van der Waals surface area contributed by atoms with Gasteiger partial charge in [-0.1, -0.05) is 0 Å². The van der Waals surface area contributed by atoms with E-state index in [0.29, 0.717) is 5.82 Å². The average molecular weight is 199 g/mol. The number of rotatable bonds is 1. The van der Waals surface area contributed by atoms with Crippen molar-refractivity contribution in [3.8, 4) is 0 Å². The van der Waals surface area contributed by atoms with E-state index in [0.717, 1.165) is 26.3 Å². The molecule has 0 spiro atoms. The number of hydrogen-bond donors (Lipinski definition) is 2. The molecule has 1 aliphatic heterocycles. The Morgan fingerprint density at radius 3 is 2.36 bits per heavy atom. The maximum atomic E-state index is 10.1. The second-order valence-electron chi connectivity index (χ2n) is 2.55. The minimum absolute atomic E-state index is 0.356. The molecule has 0 amide bonds.